The Morgan fingerprint density at radius 3 is 1.62 bits per heavy atom. The largest absolute Gasteiger partial charge is 0.497 e. The van der Waals surface area contributed by atoms with E-state index in [0.29, 0.717) is 5.69 Å². The summed E-state index contributed by atoms with van der Waals surface area (Å²) < 4.78 is 20.5. The second-order valence-electron chi connectivity index (χ2n) is 9.62. The third-order valence-electron chi connectivity index (χ3n) is 6.09. The van der Waals surface area contributed by atoms with Gasteiger partial charge in [-0.05, 0) is 60.7 Å². The second-order valence-corrected chi connectivity index (χ2v) is 9.62. The minimum atomic E-state index is -2.35. The summed E-state index contributed by atoms with van der Waals surface area (Å²) in [6.07, 6.45) is -4.62. The predicted molar refractivity (Wildman–Crippen MR) is 158 cm³/mol. The van der Waals surface area contributed by atoms with E-state index in [1.807, 2.05) is 5.43 Å². The van der Waals surface area contributed by atoms with E-state index in [0.717, 1.165) is 0 Å². The standard InChI is InChI=1S/C31H31N3O11/c1-17(2)26(35)32-21-13-11-18(12-14-21)27(36)33-34-28(37)24(44-30(40)19-7-5-9-22(15-19)42-3)25(29(38)39)45-31(41)20-8-6-10-23(16-20)43-4/h5-17,24-25H,1-4H3,(H,32,35)(H,33,36)(H,34,37)(H,38,39)/t24-,25+/m0/s1. The van der Waals surface area contributed by atoms with Crippen LogP contribution < -0.4 is 25.6 Å². The molecule has 3 amide bonds. The zero-order valence-electron chi connectivity index (χ0n) is 24.7. The van der Waals surface area contributed by atoms with Gasteiger partial charge < -0.3 is 29.4 Å². The lowest BCUT2D eigenvalue weighted by molar-refractivity contribution is -0.159. The molecule has 2 atom stereocenters. The van der Waals surface area contributed by atoms with Crippen LogP contribution in [0.1, 0.15) is 44.9 Å². The molecule has 0 fully saturated rings. The van der Waals surface area contributed by atoms with Crippen molar-refractivity contribution < 1.29 is 52.8 Å². The van der Waals surface area contributed by atoms with E-state index in [1.54, 1.807) is 13.8 Å². The summed E-state index contributed by atoms with van der Waals surface area (Å²) in [5.74, 6) is -6.24. The number of rotatable bonds is 12. The highest BCUT2D eigenvalue weighted by Crippen LogP contribution is 2.19. The van der Waals surface area contributed by atoms with Crippen LogP contribution in [0.5, 0.6) is 11.5 Å². The van der Waals surface area contributed by atoms with Crippen LogP contribution in [0, 0.1) is 5.92 Å². The molecule has 0 aliphatic heterocycles. The van der Waals surface area contributed by atoms with Crippen LogP contribution in [0.25, 0.3) is 0 Å². The van der Waals surface area contributed by atoms with Gasteiger partial charge >= 0.3 is 17.9 Å². The molecule has 0 spiro atoms. The molecule has 0 aliphatic rings. The molecule has 3 aromatic rings. The number of carboxylic acids is 1. The highest BCUT2D eigenvalue weighted by molar-refractivity contribution is 5.99. The van der Waals surface area contributed by atoms with E-state index in [9.17, 15) is 33.9 Å². The lowest BCUT2D eigenvalue weighted by Crippen LogP contribution is -2.54. The van der Waals surface area contributed by atoms with Gasteiger partial charge in [0.15, 0.2) is 0 Å². The Morgan fingerprint density at radius 2 is 1.16 bits per heavy atom. The van der Waals surface area contributed by atoms with Crippen molar-refractivity contribution in [2.45, 2.75) is 26.1 Å². The first-order valence-corrected chi connectivity index (χ1v) is 13.4. The number of aliphatic carboxylic acids is 1. The van der Waals surface area contributed by atoms with Crippen LogP contribution in [-0.4, -0.2) is 67.2 Å². The minimum Gasteiger partial charge on any atom is -0.497 e. The molecule has 0 saturated heterocycles. The van der Waals surface area contributed by atoms with Crippen molar-refractivity contribution in [3.05, 3.63) is 89.5 Å². The molecule has 45 heavy (non-hydrogen) atoms. The SMILES string of the molecule is COc1cccc(C(=O)O[C@H](C(=O)NNC(=O)c2ccc(NC(=O)C(C)C)cc2)[C@@H](OC(=O)c2cccc(OC)c2)C(=O)O)c1. The summed E-state index contributed by atoms with van der Waals surface area (Å²) >= 11 is 0. The van der Waals surface area contributed by atoms with E-state index in [-0.39, 0.29) is 40.0 Å². The third kappa shape index (κ3) is 9.28. The average molecular weight is 622 g/mol. The Hall–Kier alpha value is -5.92. The highest BCUT2D eigenvalue weighted by Gasteiger charge is 2.41. The van der Waals surface area contributed by atoms with Gasteiger partial charge in [-0.2, -0.15) is 0 Å². The Kier molecular flexibility index (Phi) is 11.6. The van der Waals surface area contributed by atoms with Crippen LogP contribution in [0.2, 0.25) is 0 Å². The summed E-state index contributed by atoms with van der Waals surface area (Å²) in [4.78, 5) is 75.9. The van der Waals surface area contributed by atoms with Gasteiger partial charge in [0.25, 0.3) is 11.8 Å². The summed E-state index contributed by atoms with van der Waals surface area (Å²) in [6, 6.07) is 16.9. The normalized spacial score (nSPS) is 11.8. The van der Waals surface area contributed by atoms with Crippen molar-refractivity contribution in [3.63, 3.8) is 0 Å². The number of ether oxygens (including phenoxy) is 4. The molecule has 0 unspecified atom stereocenters. The lowest BCUT2D eigenvalue weighted by Gasteiger charge is -2.23. The molecule has 0 aliphatic carbocycles. The van der Waals surface area contributed by atoms with Gasteiger partial charge in [-0.15, -0.1) is 0 Å². The maximum Gasteiger partial charge on any atom is 0.349 e. The molecular weight excluding hydrogens is 590 g/mol. The van der Waals surface area contributed by atoms with Gasteiger partial charge in [-0.25, -0.2) is 14.4 Å². The second kappa shape index (κ2) is 15.5. The van der Waals surface area contributed by atoms with Crippen molar-refractivity contribution in [2.75, 3.05) is 19.5 Å². The molecule has 0 radical (unpaired) electrons. The number of carboxylic acid groups (broad SMARTS) is 1. The van der Waals surface area contributed by atoms with Crippen LogP contribution in [0.3, 0.4) is 0 Å². The zero-order valence-corrected chi connectivity index (χ0v) is 24.7. The Morgan fingerprint density at radius 1 is 0.644 bits per heavy atom. The van der Waals surface area contributed by atoms with Crippen LogP contribution in [0.4, 0.5) is 5.69 Å². The van der Waals surface area contributed by atoms with Gasteiger partial charge in [-0.1, -0.05) is 26.0 Å². The van der Waals surface area contributed by atoms with Gasteiger partial charge in [0.1, 0.15) is 11.5 Å². The number of anilines is 1. The number of hydrogen-bond donors (Lipinski definition) is 4. The maximum absolute atomic E-state index is 13.2. The monoisotopic (exact) mass is 621 g/mol. The van der Waals surface area contributed by atoms with E-state index >= 15 is 0 Å². The molecular formula is C31H31N3O11. The summed E-state index contributed by atoms with van der Waals surface area (Å²) in [7, 11) is 2.72. The first-order chi connectivity index (χ1) is 21.4. The van der Waals surface area contributed by atoms with E-state index in [1.165, 1.54) is 87.0 Å². The van der Waals surface area contributed by atoms with Gasteiger partial charge in [0, 0.05) is 17.2 Å². The quantitative estimate of drug-likeness (QED) is 0.171. The van der Waals surface area contributed by atoms with Crippen LogP contribution in [0.15, 0.2) is 72.8 Å². The Labute approximate surface area is 257 Å². The number of carbonyl (C=O) groups is 6. The molecule has 0 saturated carbocycles. The first kappa shape index (κ1) is 33.6. The smallest absolute Gasteiger partial charge is 0.349 e. The number of benzene rings is 3. The van der Waals surface area contributed by atoms with Crippen molar-refractivity contribution >= 4 is 41.3 Å². The molecule has 14 nitrogen and oxygen atoms in total. The number of methoxy groups -OCH3 is 2. The predicted octanol–water partition coefficient (Wildman–Crippen LogP) is 2.60. The third-order valence-corrected chi connectivity index (χ3v) is 6.09. The minimum absolute atomic E-state index is 0.0574. The molecule has 0 aromatic heterocycles. The molecule has 14 heteroatoms. The number of amides is 3. The Balaban J connectivity index is 1.82. The van der Waals surface area contributed by atoms with E-state index in [2.05, 4.69) is 10.7 Å². The molecule has 3 rings (SSSR count). The number of esters is 2. The van der Waals surface area contributed by atoms with Crippen LogP contribution in [-0.2, 0) is 23.9 Å². The summed E-state index contributed by atoms with van der Waals surface area (Å²) in [5, 5.41) is 12.6. The molecule has 0 bridgehead atoms. The van der Waals surface area contributed by atoms with Crippen molar-refractivity contribution in [2.24, 2.45) is 5.92 Å². The highest BCUT2D eigenvalue weighted by atomic mass is 16.6. The average Bonchev–Trinajstić information content (AvgIpc) is 3.04. The van der Waals surface area contributed by atoms with Gasteiger partial charge in [0.05, 0.1) is 25.3 Å². The van der Waals surface area contributed by atoms with Crippen molar-refractivity contribution in [1.29, 1.82) is 0 Å². The Bertz CT molecular complexity index is 1570. The summed E-state index contributed by atoms with van der Waals surface area (Å²) in [5.41, 5.74) is 4.37. The molecule has 236 valence electrons. The number of carbonyl (C=O) groups excluding carboxylic acids is 5. The topological polar surface area (TPSA) is 196 Å². The van der Waals surface area contributed by atoms with Crippen molar-refractivity contribution in [3.8, 4) is 11.5 Å². The number of hydrogen-bond acceptors (Lipinski definition) is 10. The molecule has 4 N–H and O–H groups in total. The number of nitrogens with one attached hydrogen (secondary N) is 3. The van der Waals surface area contributed by atoms with Gasteiger partial charge in [-0.3, -0.25) is 25.2 Å². The van der Waals surface area contributed by atoms with E-state index < -0.39 is 41.9 Å². The van der Waals surface area contributed by atoms with Crippen molar-refractivity contribution in [1.82, 2.24) is 10.9 Å². The van der Waals surface area contributed by atoms with E-state index in [4.69, 9.17) is 18.9 Å². The molecule has 0 heterocycles. The van der Waals surface area contributed by atoms with Gasteiger partial charge in [0.2, 0.25) is 18.1 Å². The summed E-state index contributed by atoms with van der Waals surface area (Å²) in [6.45, 7) is 3.44. The lowest BCUT2D eigenvalue weighted by atomic mass is 10.1. The fourth-order valence-electron chi connectivity index (χ4n) is 3.61. The van der Waals surface area contributed by atoms with Crippen LogP contribution >= 0.6 is 0 Å². The number of hydrazine groups is 1. The first-order valence-electron chi connectivity index (χ1n) is 13.4. The zero-order chi connectivity index (χ0) is 33.1. The molecule has 3 aromatic carbocycles. The fourth-order valence-corrected chi connectivity index (χ4v) is 3.61. The fraction of sp³-hybridized carbons (Fsp3) is 0.226. The maximum atomic E-state index is 13.2.